The molecule has 4 bridgehead atoms. The quantitative estimate of drug-likeness (QED) is 0.768. The van der Waals surface area contributed by atoms with Crippen LogP contribution in [-0.2, 0) is 4.79 Å². The Morgan fingerprint density at radius 2 is 1.58 bits per heavy atom. The number of anilines is 1. The Morgan fingerprint density at radius 1 is 1.08 bits per heavy atom. The van der Waals surface area contributed by atoms with Crippen LogP contribution in [0.5, 0.6) is 0 Å². The van der Waals surface area contributed by atoms with Crippen molar-refractivity contribution >= 4 is 11.6 Å². The number of rotatable bonds is 4. The van der Waals surface area contributed by atoms with E-state index in [-0.39, 0.29) is 5.41 Å². The number of halogens is 2. The number of hydrogen-bond donors (Lipinski definition) is 0. The van der Waals surface area contributed by atoms with Crippen LogP contribution in [0.2, 0.25) is 0 Å². The lowest BCUT2D eigenvalue weighted by Gasteiger charge is -2.57. The zero-order valence-electron chi connectivity index (χ0n) is 14.2. The summed E-state index contributed by atoms with van der Waals surface area (Å²) in [5.74, 6) is -2.18. The Labute approximate surface area is 142 Å². The van der Waals surface area contributed by atoms with Crippen molar-refractivity contribution in [2.75, 3.05) is 11.4 Å². The van der Waals surface area contributed by atoms with Crippen LogP contribution in [0.15, 0.2) is 30.3 Å². The molecule has 0 saturated heterocycles. The number of amides is 1. The highest BCUT2D eigenvalue weighted by molar-refractivity contribution is 5.98. The molecule has 4 saturated carbocycles. The maximum absolute atomic E-state index is 13.8. The fourth-order valence-corrected chi connectivity index (χ4v) is 5.94. The van der Waals surface area contributed by atoms with Crippen molar-refractivity contribution in [2.24, 2.45) is 23.2 Å². The van der Waals surface area contributed by atoms with Crippen molar-refractivity contribution in [1.82, 2.24) is 0 Å². The smallest absolute Gasteiger partial charge is 0.307 e. The number of alkyl halides is 2. The number of carbonyl (C=O) groups excluding carboxylic acids is 1. The second-order valence-electron chi connectivity index (χ2n) is 8.53. The maximum atomic E-state index is 13.8. The van der Waals surface area contributed by atoms with Crippen molar-refractivity contribution in [1.29, 1.82) is 0 Å². The summed E-state index contributed by atoms with van der Waals surface area (Å²) in [5.41, 5.74) is 0.644. The zero-order valence-corrected chi connectivity index (χ0v) is 14.2. The largest absolute Gasteiger partial charge is 0.322 e. The molecule has 130 valence electrons. The van der Waals surface area contributed by atoms with Gasteiger partial charge in [0.1, 0.15) is 0 Å². The van der Waals surface area contributed by atoms with E-state index in [1.165, 1.54) is 24.2 Å². The van der Waals surface area contributed by atoms with Gasteiger partial charge in [-0.3, -0.25) is 4.79 Å². The number of hydrogen-bond acceptors (Lipinski definition) is 1. The predicted octanol–water partition coefficient (Wildman–Crippen LogP) is 4.89. The molecule has 4 aliphatic carbocycles. The van der Waals surface area contributed by atoms with E-state index in [1.54, 1.807) is 12.1 Å². The van der Waals surface area contributed by atoms with Gasteiger partial charge in [0.25, 0.3) is 5.91 Å². The normalized spacial score (nSPS) is 34.4. The lowest BCUT2D eigenvalue weighted by molar-refractivity contribution is -0.141. The molecule has 2 nitrogen and oxygen atoms in total. The first-order chi connectivity index (χ1) is 11.3. The van der Waals surface area contributed by atoms with E-state index in [4.69, 9.17) is 0 Å². The third-order valence-electron chi connectivity index (χ3n) is 6.35. The molecule has 0 spiro atoms. The van der Waals surface area contributed by atoms with Gasteiger partial charge in [0.2, 0.25) is 0 Å². The molecule has 24 heavy (non-hydrogen) atoms. The summed E-state index contributed by atoms with van der Waals surface area (Å²) >= 11 is 0. The first kappa shape index (κ1) is 16.0. The maximum Gasteiger partial charge on any atom is 0.322 e. The highest BCUT2D eigenvalue weighted by Crippen LogP contribution is 2.60. The Morgan fingerprint density at radius 3 is 2.04 bits per heavy atom. The average molecular weight is 333 g/mol. The van der Waals surface area contributed by atoms with Crippen LogP contribution < -0.4 is 4.90 Å². The summed E-state index contributed by atoms with van der Waals surface area (Å²) in [5, 5.41) is 0. The van der Waals surface area contributed by atoms with E-state index in [0.29, 0.717) is 19.2 Å². The highest BCUT2D eigenvalue weighted by atomic mass is 19.3. The topological polar surface area (TPSA) is 20.3 Å². The molecule has 1 aromatic rings. The van der Waals surface area contributed by atoms with Crippen LogP contribution in [0, 0.1) is 23.2 Å². The zero-order chi connectivity index (χ0) is 16.9. The van der Waals surface area contributed by atoms with E-state index in [2.05, 4.69) is 0 Å². The third-order valence-corrected chi connectivity index (χ3v) is 6.35. The van der Waals surface area contributed by atoms with Gasteiger partial charge in [0, 0.05) is 19.2 Å². The Kier molecular flexibility index (Phi) is 3.70. The molecule has 0 atom stereocenters. The Bertz CT molecular complexity index is 587. The molecule has 0 heterocycles. The van der Waals surface area contributed by atoms with E-state index >= 15 is 0 Å². The van der Waals surface area contributed by atoms with Gasteiger partial charge < -0.3 is 4.90 Å². The molecule has 0 unspecified atom stereocenters. The van der Waals surface area contributed by atoms with Crippen LogP contribution >= 0.6 is 0 Å². The minimum absolute atomic E-state index is 0.0471. The van der Waals surface area contributed by atoms with Gasteiger partial charge in [-0.15, -0.1) is 0 Å². The van der Waals surface area contributed by atoms with Gasteiger partial charge in [0.05, 0.1) is 0 Å². The summed E-state index contributed by atoms with van der Waals surface area (Å²) in [6.07, 6.45) is 7.23. The van der Waals surface area contributed by atoms with Gasteiger partial charge in [-0.1, -0.05) is 18.2 Å². The van der Waals surface area contributed by atoms with Crippen LogP contribution in [0.25, 0.3) is 0 Å². The second-order valence-corrected chi connectivity index (χ2v) is 8.53. The number of para-hydroxylation sites is 1. The van der Waals surface area contributed by atoms with E-state index in [0.717, 1.165) is 37.0 Å². The van der Waals surface area contributed by atoms with Gasteiger partial charge in [-0.25, -0.2) is 0 Å². The number of nitrogens with zero attached hydrogens (tertiary/aromatic N) is 1. The molecule has 0 aliphatic heterocycles. The molecular formula is C20H25F2NO. The van der Waals surface area contributed by atoms with Gasteiger partial charge >= 0.3 is 5.92 Å². The number of carbonyl (C=O) groups is 1. The standard InChI is InChI=1S/C20H25F2NO/c1-19(21,22)18(24)23(17-5-3-2-4-6-17)13-20-10-14-7-15(11-20)9-16(8-14)12-20/h2-6,14-16H,7-13H2,1H3. The molecule has 0 radical (unpaired) electrons. The van der Waals surface area contributed by atoms with Crippen molar-refractivity contribution in [2.45, 2.75) is 51.4 Å². The highest BCUT2D eigenvalue weighted by Gasteiger charge is 2.52. The lowest BCUT2D eigenvalue weighted by atomic mass is 9.49. The summed E-state index contributed by atoms with van der Waals surface area (Å²) < 4.78 is 27.6. The van der Waals surface area contributed by atoms with E-state index < -0.39 is 11.8 Å². The van der Waals surface area contributed by atoms with E-state index in [9.17, 15) is 13.6 Å². The fourth-order valence-electron chi connectivity index (χ4n) is 5.94. The summed E-state index contributed by atoms with van der Waals surface area (Å²) in [6, 6.07) is 9.00. The van der Waals surface area contributed by atoms with Crippen LogP contribution in [0.1, 0.15) is 45.4 Å². The molecule has 5 rings (SSSR count). The molecule has 0 aromatic heterocycles. The first-order valence-corrected chi connectivity index (χ1v) is 9.09. The summed E-state index contributed by atoms with van der Waals surface area (Å²) in [6.45, 7) is 1.16. The van der Waals surface area contributed by atoms with Crippen LogP contribution in [-0.4, -0.2) is 18.4 Å². The molecule has 0 N–H and O–H groups in total. The Hall–Kier alpha value is -1.45. The fraction of sp³-hybridized carbons (Fsp3) is 0.650. The summed E-state index contributed by atoms with van der Waals surface area (Å²) in [4.78, 5) is 13.8. The van der Waals surface area contributed by atoms with Crippen molar-refractivity contribution < 1.29 is 13.6 Å². The average Bonchev–Trinajstić information content (AvgIpc) is 2.51. The van der Waals surface area contributed by atoms with Gasteiger partial charge in [-0.2, -0.15) is 8.78 Å². The number of benzene rings is 1. The minimum atomic E-state index is -3.34. The SMILES string of the molecule is CC(F)(F)C(=O)N(CC12CC3CC(CC(C3)C1)C2)c1ccccc1. The molecule has 4 heteroatoms. The van der Waals surface area contributed by atoms with E-state index in [1.807, 2.05) is 18.2 Å². The van der Waals surface area contributed by atoms with Crippen molar-refractivity contribution in [3.05, 3.63) is 30.3 Å². The molecule has 1 aromatic carbocycles. The van der Waals surface area contributed by atoms with Crippen molar-refractivity contribution in [3.63, 3.8) is 0 Å². The molecular weight excluding hydrogens is 308 g/mol. The van der Waals surface area contributed by atoms with Crippen LogP contribution in [0.3, 0.4) is 0 Å². The monoisotopic (exact) mass is 333 g/mol. The molecule has 1 amide bonds. The first-order valence-electron chi connectivity index (χ1n) is 9.09. The van der Waals surface area contributed by atoms with Crippen molar-refractivity contribution in [3.8, 4) is 0 Å². The lowest BCUT2D eigenvalue weighted by Crippen LogP contribution is -2.54. The predicted molar refractivity (Wildman–Crippen MR) is 90.0 cm³/mol. The Balaban J connectivity index is 1.64. The van der Waals surface area contributed by atoms with Gasteiger partial charge in [0.15, 0.2) is 0 Å². The molecule has 4 fully saturated rings. The second kappa shape index (κ2) is 5.53. The summed E-state index contributed by atoms with van der Waals surface area (Å²) in [7, 11) is 0. The van der Waals surface area contributed by atoms with Crippen LogP contribution in [0.4, 0.5) is 14.5 Å². The molecule has 4 aliphatic rings. The van der Waals surface area contributed by atoms with Gasteiger partial charge in [-0.05, 0) is 73.8 Å². The minimum Gasteiger partial charge on any atom is -0.307 e. The third kappa shape index (κ3) is 2.84.